The molecule has 0 radical (unpaired) electrons. The van der Waals surface area contributed by atoms with Gasteiger partial charge in [0.05, 0.1) is 7.11 Å². The van der Waals surface area contributed by atoms with Crippen LogP contribution in [-0.2, 0) is 6.54 Å². The van der Waals surface area contributed by atoms with E-state index >= 15 is 0 Å². The number of ether oxygens (including phenoxy) is 1. The van der Waals surface area contributed by atoms with E-state index in [1.54, 1.807) is 13.2 Å². The molecule has 0 spiro atoms. The Hall–Kier alpha value is -1.30. The first-order valence-electron chi connectivity index (χ1n) is 7.16. The zero-order valence-corrected chi connectivity index (χ0v) is 12.4. The van der Waals surface area contributed by atoms with Crippen molar-refractivity contribution < 1.29 is 9.84 Å². The summed E-state index contributed by atoms with van der Waals surface area (Å²) in [4.78, 5) is 4.83. The highest BCUT2D eigenvalue weighted by Crippen LogP contribution is 2.22. The molecule has 0 bridgehead atoms. The van der Waals surface area contributed by atoms with Crippen LogP contribution in [0.15, 0.2) is 18.2 Å². The maximum atomic E-state index is 9.86. The van der Waals surface area contributed by atoms with Crippen molar-refractivity contribution in [1.82, 2.24) is 15.1 Å². The van der Waals surface area contributed by atoms with Gasteiger partial charge in [-0.05, 0) is 13.1 Å². The first-order chi connectivity index (χ1) is 9.69. The van der Waals surface area contributed by atoms with Crippen molar-refractivity contribution in [2.24, 2.45) is 0 Å². The Balaban J connectivity index is 1.68. The summed E-state index contributed by atoms with van der Waals surface area (Å²) in [7, 11) is 3.77. The van der Waals surface area contributed by atoms with Gasteiger partial charge in [-0.15, -0.1) is 0 Å². The SMILES string of the molecule is COc1ccc(CNCCN2CCN(C)CC2)c(O)c1. The highest BCUT2D eigenvalue weighted by Gasteiger charge is 2.12. The average molecular weight is 279 g/mol. The van der Waals surface area contributed by atoms with Gasteiger partial charge in [-0.1, -0.05) is 6.07 Å². The number of rotatable bonds is 6. The van der Waals surface area contributed by atoms with Gasteiger partial charge in [-0.2, -0.15) is 0 Å². The molecule has 1 saturated heterocycles. The number of piperazine rings is 1. The molecule has 5 nitrogen and oxygen atoms in total. The Bertz CT molecular complexity index is 418. The Morgan fingerprint density at radius 2 is 2.00 bits per heavy atom. The molecule has 20 heavy (non-hydrogen) atoms. The van der Waals surface area contributed by atoms with Crippen molar-refractivity contribution in [3.8, 4) is 11.5 Å². The number of benzene rings is 1. The quantitative estimate of drug-likeness (QED) is 0.752. The summed E-state index contributed by atoms with van der Waals surface area (Å²) >= 11 is 0. The first-order valence-corrected chi connectivity index (χ1v) is 7.16. The van der Waals surface area contributed by atoms with Crippen LogP contribution in [0, 0.1) is 0 Å². The summed E-state index contributed by atoms with van der Waals surface area (Å²) in [5.74, 6) is 0.972. The summed E-state index contributed by atoms with van der Waals surface area (Å²) in [5.41, 5.74) is 0.907. The number of methoxy groups -OCH3 is 1. The van der Waals surface area contributed by atoms with Crippen LogP contribution < -0.4 is 10.1 Å². The van der Waals surface area contributed by atoms with Crippen LogP contribution in [0.25, 0.3) is 0 Å². The average Bonchev–Trinajstić information content (AvgIpc) is 2.46. The third kappa shape index (κ3) is 4.37. The molecule has 0 saturated carbocycles. The third-order valence-corrected chi connectivity index (χ3v) is 3.81. The van der Waals surface area contributed by atoms with Crippen molar-refractivity contribution in [3.05, 3.63) is 23.8 Å². The van der Waals surface area contributed by atoms with Crippen LogP contribution in [0.2, 0.25) is 0 Å². The molecule has 0 unspecified atom stereocenters. The highest BCUT2D eigenvalue weighted by molar-refractivity contribution is 5.39. The molecule has 1 aliphatic heterocycles. The second-order valence-corrected chi connectivity index (χ2v) is 5.32. The second-order valence-electron chi connectivity index (χ2n) is 5.32. The molecule has 1 aromatic rings. The van der Waals surface area contributed by atoms with Crippen molar-refractivity contribution in [1.29, 1.82) is 0 Å². The number of hydrogen-bond acceptors (Lipinski definition) is 5. The number of phenols is 1. The van der Waals surface area contributed by atoms with Gasteiger partial charge in [-0.3, -0.25) is 4.90 Å². The number of hydrogen-bond donors (Lipinski definition) is 2. The zero-order chi connectivity index (χ0) is 14.4. The van der Waals surface area contributed by atoms with Crippen molar-refractivity contribution in [2.45, 2.75) is 6.54 Å². The Kier molecular flexibility index (Phi) is 5.64. The van der Waals surface area contributed by atoms with E-state index < -0.39 is 0 Å². The molecule has 1 aliphatic rings. The van der Waals surface area contributed by atoms with Crippen LogP contribution in [0.4, 0.5) is 0 Å². The molecule has 2 N–H and O–H groups in total. The van der Waals surface area contributed by atoms with E-state index in [-0.39, 0.29) is 5.75 Å². The van der Waals surface area contributed by atoms with Gasteiger partial charge in [0.15, 0.2) is 0 Å². The molecule has 0 atom stereocenters. The van der Waals surface area contributed by atoms with Crippen molar-refractivity contribution in [3.63, 3.8) is 0 Å². The molecular weight excluding hydrogens is 254 g/mol. The number of likely N-dealkylation sites (N-methyl/N-ethyl adjacent to an activating group) is 1. The van der Waals surface area contributed by atoms with E-state index in [4.69, 9.17) is 4.74 Å². The van der Waals surface area contributed by atoms with E-state index in [0.717, 1.165) is 44.8 Å². The van der Waals surface area contributed by atoms with Crippen molar-refractivity contribution in [2.75, 3.05) is 53.4 Å². The Labute approximate surface area is 121 Å². The third-order valence-electron chi connectivity index (χ3n) is 3.81. The fourth-order valence-corrected chi connectivity index (χ4v) is 2.35. The highest BCUT2D eigenvalue weighted by atomic mass is 16.5. The van der Waals surface area contributed by atoms with Crippen LogP contribution in [0.3, 0.4) is 0 Å². The van der Waals surface area contributed by atoms with E-state index in [1.807, 2.05) is 12.1 Å². The number of nitrogens with one attached hydrogen (secondary N) is 1. The lowest BCUT2D eigenvalue weighted by atomic mass is 10.2. The Morgan fingerprint density at radius 3 is 2.65 bits per heavy atom. The maximum absolute atomic E-state index is 9.86. The Morgan fingerprint density at radius 1 is 1.25 bits per heavy atom. The number of nitrogens with zero attached hydrogens (tertiary/aromatic N) is 2. The number of phenolic OH excluding ortho intramolecular Hbond substituents is 1. The van der Waals surface area contributed by atoms with Gasteiger partial charge in [0.2, 0.25) is 0 Å². The standard InChI is InChI=1S/C15H25N3O2/c1-17-7-9-18(10-8-17)6-5-16-12-13-3-4-14(20-2)11-15(13)19/h3-4,11,16,19H,5-10,12H2,1-2H3. The van der Waals surface area contributed by atoms with E-state index in [9.17, 15) is 5.11 Å². The predicted molar refractivity (Wildman–Crippen MR) is 80.3 cm³/mol. The summed E-state index contributed by atoms with van der Waals surface area (Å²) < 4.78 is 5.07. The zero-order valence-electron chi connectivity index (χ0n) is 12.4. The summed E-state index contributed by atoms with van der Waals surface area (Å²) in [6.07, 6.45) is 0. The molecule has 5 heteroatoms. The lowest BCUT2D eigenvalue weighted by molar-refractivity contribution is 0.154. The smallest absolute Gasteiger partial charge is 0.123 e. The maximum Gasteiger partial charge on any atom is 0.123 e. The molecule has 2 rings (SSSR count). The lowest BCUT2D eigenvalue weighted by Gasteiger charge is -2.32. The van der Waals surface area contributed by atoms with Gasteiger partial charge in [0, 0.05) is 57.4 Å². The summed E-state index contributed by atoms with van der Waals surface area (Å²) in [6.45, 7) is 7.28. The minimum atomic E-state index is 0.288. The monoisotopic (exact) mass is 279 g/mol. The van der Waals surface area contributed by atoms with Gasteiger partial charge in [-0.25, -0.2) is 0 Å². The normalized spacial score (nSPS) is 17.3. The van der Waals surface area contributed by atoms with Gasteiger partial charge in [0.1, 0.15) is 11.5 Å². The molecule has 0 aromatic heterocycles. The van der Waals surface area contributed by atoms with E-state index in [2.05, 4.69) is 22.2 Å². The molecular formula is C15H25N3O2. The first kappa shape index (κ1) is 15.1. The van der Waals surface area contributed by atoms with Crippen LogP contribution in [0.5, 0.6) is 11.5 Å². The fourth-order valence-electron chi connectivity index (χ4n) is 2.35. The fraction of sp³-hybridized carbons (Fsp3) is 0.600. The molecule has 0 aliphatic carbocycles. The molecule has 112 valence electrons. The summed E-state index contributed by atoms with van der Waals surface area (Å²) in [5, 5.41) is 13.2. The topological polar surface area (TPSA) is 48.0 Å². The molecule has 1 heterocycles. The number of aromatic hydroxyl groups is 1. The van der Waals surface area contributed by atoms with Crippen molar-refractivity contribution >= 4 is 0 Å². The van der Waals surface area contributed by atoms with Crippen LogP contribution in [-0.4, -0.2) is 68.3 Å². The van der Waals surface area contributed by atoms with Gasteiger partial charge >= 0.3 is 0 Å². The van der Waals surface area contributed by atoms with Gasteiger partial charge in [0.25, 0.3) is 0 Å². The minimum Gasteiger partial charge on any atom is -0.507 e. The van der Waals surface area contributed by atoms with E-state index in [1.165, 1.54) is 0 Å². The largest absolute Gasteiger partial charge is 0.507 e. The molecule has 1 fully saturated rings. The van der Waals surface area contributed by atoms with E-state index in [0.29, 0.717) is 12.3 Å². The van der Waals surface area contributed by atoms with Gasteiger partial charge < -0.3 is 20.1 Å². The van der Waals surface area contributed by atoms with Crippen LogP contribution in [0.1, 0.15) is 5.56 Å². The van der Waals surface area contributed by atoms with Crippen LogP contribution >= 0.6 is 0 Å². The molecule has 0 amide bonds. The second kappa shape index (κ2) is 7.47. The lowest BCUT2D eigenvalue weighted by Crippen LogP contribution is -2.46. The summed E-state index contributed by atoms with van der Waals surface area (Å²) in [6, 6.07) is 5.42. The predicted octanol–water partition coefficient (Wildman–Crippen LogP) is 0.738. The molecule has 1 aromatic carbocycles. The minimum absolute atomic E-state index is 0.288.